The smallest absolute Gasteiger partial charge is 0.262 e. The second-order valence-corrected chi connectivity index (χ2v) is 8.35. The summed E-state index contributed by atoms with van der Waals surface area (Å²) in [7, 11) is 1.63. The molecule has 170 valence electrons. The summed E-state index contributed by atoms with van der Waals surface area (Å²) in [6.07, 6.45) is -0.398. The van der Waals surface area contributed by atoms with Crippen LogP contribution in [-0.4, -0.2) is 13.0 Å². The predicted octanol–water partition coefficient (Wildman–Crippen LogP) is 6.70. The number of ether oxygens (including phenoxy) is 2. The van der Waals surface area contributed by atoms with E-state index in [9.17, 15) is 4.79 Å². The third-order valence-corrected chi connectivity index (χ3v) is 6.04. The number of halogens is 1. The molecule has 4 aromatic carbocycles. The first kappa shape index (κ1) is 21.9. The van der Waals surface area contributed by atoms with Crippen molar-refractivity contribution in [3.8, 4) is 11.5 Å². The van der Waals surface area contributed by atoms with Crippen LogP contribution in [0.3, 0.4) is 0 Å². The number of carbonyl (C=O) groups is 1. The van der Waals surface area contributed by atoms with Gasteiger partial charge in [0.05, 0.1) is 12.7 Å². The minimum atomic E-state index is -0.398. The number of para-hydroxylation sites is 2. The van der Waals surface area contributed by atoms with Gasteiger partial charge in [-0.15, -0.1) is 0 Å². The van der Waals surface area contributed by atoms with Crippen molar-refractivity contribution in [1.29, 1.82) is 0 Å². The van der Waals surface area contributed by atoms with Gasteiger partial charge in [0.2, 0.25) is 0 Å². The lowest BCUT2D eigenvalue weighted by atomic mass is 10.0. The summed E-state index contributed by atoms with van der Waals surface area (Å²) >= 11 is 5.98. The first-order valence-electron chi connectivity index (χ1n) is 10.9. The minimum absolute atomic E-state index is 0.0552. The van der Waals surface area contributed by atoms with E-state index in [0.29, 0.717) is 28.7 Å². The van der Waals surface area contributed by atoms with E-state index in [2.05, 4.69) is 5.32 Å². The van der Waals surface area contributed by atoms with Crippen LogP contribution in [0.25, 0.3) is 0 Å². The summed E-state index contributed by atoms with van der Waals surface area (Å²) in [5, 5.41) is 4.20. The van der Waals surface area contributed by atoms with Gasteiger partial charge in [-0.05, 0) is 66.2 Å². The van der Waals surface area contributed by atoms with Crippen LogP contribution in [0.15, 0.2) is 97.1 Å². The molecule has 1 amide bonds. The summed E-state index contributed by atoms with van der Waals surface area (Å²) in [5.74, 6) is 1.37. The van der Waals surface area contributed by atoms with Crippen molar-refractivity contribution in [3.63, 3.8) is 0 Å². The van der Waals surface area contributed by atoms with Gasteiger partial charge in [-0.1, -0.05) is 48.0 Å². The molecule has 0 aromatic heterocycles. The topological polar surface area (TPSA) is 50.8 Å². The summed E-state index contributed by atoms with van der Waals surface area (Å²) in [6, 6.07) is 30.4. The van der Waals surface area contributed by atoms with Crippen LogP contribution >= 0.6 is 11.6 Å². The molecule has 1 aliphatic rings. The zero-order valence-electron chi connectivity index (χ0n) is 18.6. The van der Waals surface area contributed by atoms with Crippen LogP contribution in [-0.2, 0) is 6.61 Å². The van der Waals surface area contributed by atoms with Crippen LogP contribution < -0.4 is 19.7 Å². The number of anilines is 2. The average molecular weight is 471 g/mol. The number of rotatable bonds is 6. The zero-order chi connectivity index (χ0) is 23.5. The van der Waals surface area contributed by atoms with Crippen LogP contribution in [0, 0.1) is 0 Å². The Morgan fingerprint density at radius 2 is 1.65 bits per heavy atom. The van der Waals surface area contributed by atoms with Gasteiger partial charge in [0.1, 0.15) is 24.3 Å². The second kappa shape index (κ2) is 9.49. The molecule has 0 saturated carbocycles. The Hall–Kier alpha value is -3.96. The molecule has 0 fully saturated rings. The third kappa shape index (κ3) is 4.30. The number of amides is 1. The summed E-state index contributed by atoms with van der Waals surface area (Å²) in [5.41, 5.74) is 4.05. The Morgan fingerprint density at radius 1 is 0.912 bits per heavy atom. The molecular weight excluding hydrogens is 448 g/mol. The molecule has 1 heterocycles. The van der Waals surface area contributed by atoms with Gasteiger partial charge in [-0.3, -0.25) is 9.69 Å². The Balaban J connectivity index is 1.52. The largest absolute Gasteiger partial charge is 0.496 e. The van der Waals surface area contributed by atoms with E-state index >= 15 is 0 Å². The molecule has 0 radical (unpaired) electrons. The number of hydrogen-bond acceptors (Lipinski definition) is 4. The monoisotopic (exact) mass is 470 g/mol. The lowest BCUT2D eigenvalue weighted by molar-refractivity contribution is 0.0975. The van der Waals surface area contributed by atoms with Crippen molar-refractivity contribution in [2.75, 3.05) is 17.3 Å². The fourth-order valence-corrected chi connectivity index (χ4v) is 4.24. The van der Waals surface area contributed by atoms with Gasteiger partial charge in [0.25, 0.3) is 5.91 Å². The average Bonchev–Trinajstić information content (AvgIpc) is 2.88. The van der Waals surface area contributed by atoms with Crippen molar-refractivity contribution in [3.05, 3.63) is 119 Å². The lowest BCUT2D eigenvalue weighted by Gasteiger charge is -2.38. The van der Waals surface area contributed by atoms with E-state index in [-0.39, 0.29) is 5.91 Å². The second-order valence-electron chi connectivity index (χ2n) is 7.92. The Bertz CT molecular complexity index is 1310. The van der Waals surface area contributed by atoms with Crippen molar-refractivity contribution in [2.45, 2.75) is 12.8 Å². The maximum absolute atomic E-state index is 13.6. The molecule has 5 rings (SSSR count). The van der Waals surface area contributed by atoms with E-state index in [1.54, 1.807) is 24.1 Å². The number of benzene rings is 4. The van der Waals surface area contributed by atoms with Gasteiger partial charge in [-0.2, -0.15) is 0 Å². The number of methoxy groups -OCH3 is 1. The SMILES string of the molecule is COc1ccc(C2Nc3ccccc3C(=O)N2c2ccccc2)cc1COc1ccc(Cl)cc1. The highest BCUT2D eigenvalue weighted by atomic mass is 35.5. The molecule has 5 nitrogen and oxygen atoms in total. The number of nitrogens with zero attached hydrogens (tertiary/aromatic N) is 1. The van der Waals surface area contributed by atoms with Gasteiger partial charge in [0, 0.05) is 22.0 Å². The molecular formula is C28H23ClN2O3. The Labute approximate surface area is 203 Å². The van der Waals surface area contributed by atoms with Crippen molar-refractivity contribution >= 4 is 28.9 Å². The van der Waals surface area contributed by atoms with Gasteiger partial charge in [0.15, 0.2) is 0 Å². The predicted molar refractivity (Wildman–Crippen MR) is 135 cm³/mol. The summed E-state index contributed by atoms with van der Waals surface area (Å²) in [6.45, 7) is 0.307. The van der Waals surface area contributed by atoms with Gasteiger partial charge < -0.3 is 14.8 Å². The number of carbonyl (C=O) groups excluding carboxylic acids is 1. The molecule has 0 spiro atoms. The highest BCUT2D eigenvalue weighted by molar-refractivity contribution is 6.30. The molecule has 0 aliphatic carbocycles. The fraction of sp³-hybridized carbons (Fsp3) is 0.107. The Morgan fingerprint density at radius 3 is 2.41 bits per heavy atom. The van der Waals surface area contributed by atoms with Crippen molar-refractivity contribution in [2.24, 2.45) is 0 Å². The standard InChI is InChI=1S/C28H23ClN2O3/c1-33-26-16-11-19(17-20(26)18-34-23-14-12-21(29)13-15-23)27-30-25-10-6-5-9-24(25)28(32)31(27)22-7-3-2-4-8-22/h2-17,27,30H,18H2,1H3. The van der Waals surface area contributed by atoms with Crippen LogP contribution in [0.1, 0.15) is 27.7 Å². The number of hydrogen-bond donors (Lipinski definition) is 1. The normalized spacial score (nSPS) is 14.8. The quantitative estimate of drug-likeness (QED) is 0.340. The highest BCUT2D eigenvalue weighted by Gasteiger charge is 2.34. The van der Waals surface area contributed by atoms with Crippen LogP contribution in [0.2, 0.25) is 5.02 Å². The van der Waals surface area contributed by atoms with Gasteiger partial charge in [-0.25, -0.2) is 0 Å². The molecule has 1 aliphatic heterocycles. The summed E-state index contributed by atoms with van der Waals surface area (Å²) in [4.78, 5) is 15.4. The molecule has 1 unspecified atom stereocenters. The minimum Gasteiger partial charge on any atom is -0.496 e. The van der Waals surface area contributed by atoms with Crippen LogP contribution in [0.5, 0.6) is 11.5 Å². The van der Waals surface area contributed by atoms with E-state index in [4.69, 9.17) is 21.1 Å². The molecule has 0 saturated heterocycles. The molecule has 4 aromatic rings. The van der Waals surface area contributed by atoms with E-state index in [1.165, 1.54) is 0 Å². The zero-order valence-corrected chi connectivity index (χ0v) is 19.3. The first-order valence-corrected chi connectivity index (χ1v) is 11.3. The van der Waals surface area contributed by atoms with Crippen molar-refractivity contribution in [1.82, 2.24) is 0 Å². The molecule has 1 atom stereocenters. The molecule has 34 heavy (non-hydrogen) atoms. The maximum atomic E-state index is 13.6. The molecule has 0 bridgehead atoms. The van der Waals surface area contributed by atoms with Crippen LogP contribution in [0.4, 0.5) is 11.4 Å². The third-order valence-electron chi connectivity index (χ3n) is 5.79. The molecule has 1 N–H and O–H groups in total. The maximum Gasteiger partial charge on any atom is 0.262 e. The fourth-order valence-electron chi connectivity index (χ4n) is 4.11. The lowest BCUT2D eigenvalue weighted by Crippen LogP contribution is -2.43. The van der Waals surface area contributed by atoms with E-state index < -0.39 is 6.17 Å². The van der Waals surface area contributed by atoms with Gasteiger partial charge >= 0.3 is 0 Å². The van der Waals surface area contributed by atoms with E-state index in [0.717, 1.165) is 22.5 Å². The first-order chi connectivity index (χ1) is 16.6. The highest BCUT2D eigenvalue weighted by Crippen LogP contribution is 2.37. The number of fused-ring (bicyclic) bond motifs is 1. The summed E-state index contributed by atoms with van der Waals surface area (Å²) < 4.78 is 11.6. The molecule has 6 heteroatoms. The number of nitrogens with one attached hydrogen (secondary N) is 1. The van der Waals surface area contributed by atoms with E-state index in [1.807, 2.05) is 84.9 Å². The Kier molecular flexibility index (Phi) is 6.11. The van der Waals surface area contributed by atoms with Crippen molar-refractivity contribution < 1.29 is 14.3 Å².